The van der Waals surface area contributed by atoms with Crippen molar-refractivity contribution in [3.63, 3.8) is 0 Å². The number of carboxylic acid groups (broad SMARTS) is 1. The van der Waals surface area contributed by atoms with E-state index in [9.17, 15) is 9.00 Å². The molecule has 1 unspecified atom stereocenters. The van der Waals surface area contributed by atoms with Crippen molar-refractivity contribution in [2.45, 2.75) is 32.1 Å². The van der Waals surface area contributed by atoms with Gasteiger partial charge in [0, 0.05) is 10.6 Å². The van der Waals surface area contributed by atoms with Crippen LogP contribution in [0, 0.1) is 12.8 Å². The third kappa shape index (κ3) is 3.97. The average molecular weight is 254 g/mol. The number of rotatable bonds is 5. The predicted molar refractivity (Wildman–Crippen MR) is 68.9 cm³/mol. The molecule has 0 bridgehead atoms. The molecule has 1 atom stereocenters. The van der Waals surface area contributed by atoms with Gasteiger partial charge in [-0.3, -0.25) is 4.21 Å². The van der Waals surface area contributed by atoms with Crippen molar-refractivity contribution in [2.75, 3.05) is 5.75 Å². The molecule has 0 saturated carbocycles. The normalized spacial score (nSPS) is 12.7. The van der Waals surface area contributed by atoms with Crippen LogP contribution < -0.4 is 0 Å². The van der Waals surface area contributed by atoms with Crippen molar-refractivity contribution in [3.8, 4) is 0 Å². The molecule has 1 aromatic carbocycles. The molecule has 0 aliphatic rings. The Bertz CT molecular complexity index is 438. The third-order valence-corrected chi connectivity index (χ3v) is 3.97. The van der Waals surface area contributed by atoms with Gasteiger partial charge in [-0.25, -0.2) is 4.79 Å². The molecule has 0 aliphatic heterocycles. The maximum atomic E-state index is 12.0. The molecule has 1 rings (SSSR count). The average Bonchev–Trinajstić information content (AvgIpc) is 2.26. The second-order valence-electron chi connectivity index (χ2n) is 4.51. The fourth-order valence-electron chi connectivity index (χ4n) is 1.43. The lowest BCUT2D eigenvalue weighted by atomic mass is 10.1. The maximum absolute atomic E-state index is 12.0. The summed E-state index contributed by atoms with van der Waals surface area (Å²) in [6.45, 7) is 5.90. The molecule has 0 amide bonds. The quantitative estimate of drug-likeness (QED) is 0.879. The number of aryl methyl sites for hydroxylation is 1. The number of carbonyl (C=O) groups is 1. The van der Waals surface area contributed by atoms with Gasteiger partial charge in [-0.05, 0) is 37.0 Å². The number of hydrogen-bond acceptors (Lipinski definition) is 2. The summed E-state index contributed by atoms with van der Waals surface area (Å²) >= 11 is 0. The monoisotopic (exact) mass is 254 g/mol. The van der Waals surface area contributed by atoms with Gasteiger partial charge in [0.1, 0.15) is 0 Å². The summed E-state index contributed by atoms with van der Waals surface area (Å²) < 4.78 is 12.0. The van der Waals surface area contributed by atoms with Crippen LogP contribution in [0.1, 0.15) is 36.2 Å². The lowest BCUT2D eigenvalue weighted by molar-refractivity contribution is 0.0696. The van der Waals surface area contributed by atoms with Gasteiger partial charge in [-0.1, -0.05) is 19.9 Å². The molecular weight excluding hydrogens is 236 g/mol. The van der Waals surface area contributed by atoms with Gasteiger partial charge < -0.3 is 5.11 Å². The fourth-order valence-corrected chi connectivity index (χ4v) is 2.82. The highest BCUT2D eigenvalue weighted by Crippen LogP contribution is 2.16. The minimum absolute atomic E-state index is 0.236. The number of hydrogen-bond donors (Lipinski definition) is 1. The minimum atomic E-state index is -1.10. The van der Waals surface area contributed by atoms with Crippen molar-refractivity contribution < 1.29 is 14.1 Å². The largest absolute Gasteiger partial charge is 0.478 e. The zero-order valence-electron chi connectivity index (χ0n) is 10.4. The summed E-state index contributed by atoms with van der Waals surface area (Å²) in [4.78, 5) is 11.6. The molecule has 1 N–H and O–H groups in total. The van der Waals surface area contributed by atoms with E-state index in [1.165, 1.54) is 6.07 Å². The van der Waals surface area contributed by atoms with Crippen molar-refractivity contribution in [3.05, 3.63) is 29.3 Å². The van der Waals surface area contributed by atoms with E-state index >= 15 is 0 Å². The van der Waals surface area contributed by atoms with Crippen molar-refractivity contribution in [1.82, 2.24) is 0 Å². The summed E-state index contributed by atoms with van der Waals surface area (Å²) in [5, 5.41) is 8.99. The molecular formula is C13H18O3S. The highest BCUT2D eigenvalue weighted by atomic mass is 32.2. The Balaban J connectivity index is 2.88. The van der Waals surface area contributed by atoms with Crippen LogP contribution in [0.3, 0.4) is 0 Å². The number of carboxylic acids is 1. The molecule has 0 aromatic heterocycles. The molecule has 94 valence electrons. The Morgan fingerprint density at radius 2 is 2.06 bits per heavy atom. The molecule has 3 nitrogen and oxygen atoms in total. The van der Waals surface area contributed by atoms with E-state index in [-0.39, 0.29) is 5.56 Å². The summed E-state index contributed by atoms with van der Waals surface area (Å²) in [7, 11) is -1.10. The second-order valence-corrected chi connectivity index (χ2v) is 6.08. The Morgan fingerprint density at radius 3 is 2.59 bits per heavy atom. The number of benzene rings is 1. The van der Waals surface area contributed by atoms with E-state index in [0.29, 0.717) is 22.1 Å². The summed E-state index contributed by atoms with van der Waals surface area (Å²) in [5.74, 6) is 0.119. The van der Waals surface area contributed by atoms with E-state index in [2.05, 4.69) is 13.8 Å². The topological polar surface area (TPSA) is 54.4 Å². The fraction of sp³-hybridized carbons (Fsp3) is 0.462. The van der Waals surface area contributed by atoms with E-state index in [1.807, 2.05) is 0 Å². The lowest BCUT2D eigenvalue weighted by Gasteiger charge is -2.07. The Kier molecular flexibility index (Phi) is 4.87. The van der Waals surface area contributed by atoms with Crippen molar-refractivity contribution in [2.24, 2.45) is 5.92 Å². The zero-order valence-corrected chi connectivity index (χ0v) is 11.2. The van der Waals surface area contributed by atoms with Gasteiger partial charge in [0.15, 0.2) is 0 Å². The summed E-state index contributed by atoms with van der Waals surface area (Å²) in [6, 6.07) is 4.98. The summed E-state index contributed by atoms with van der Waals surface area (Å²) in [5.41, 5.74) is 0.933. The van der Waals surface area contributed by atoms with Gasteiger partial charge in [0.05, 0.1) is 16.4 Å². The molecule has 17 heavy (non-hydrogen) atoms. The molecule has 0 aliphatic carbocycles. The van der Waals surface area contributed by atoms with Crippen LogP contribution in [0.4, 0.5) is 0 Å². The third-order valence-electron chi connectivity index (χ3n) is 2.58. The Hall–Kier alpha value is -1.16. The Morgan fingerprint density at radius 1 is 1.41 bits per heavy atom. The first-order chi connectivity index (χ1) is 7.91. The van der Waals surface area contributed by atoms with Crippen LogP contribution in [0.15, 0.2) is 23.1 Å². The van der Waals surface area contributed by atoms with Crippen LogP contribution in [0.25, 0.3) is 0 Å². The highest BCUT2D eigenvalue weighted by Gasteiger charge is 2.11. The van der Waals surface area contributed by atoms with Crippen LogP contribution in [-0.4, -0.2) is 21.0 Å². The second kappa shape index (κ2) is 5.96. The van der Waals surface area contributed by atoms with Gasteiger partial charge >= 0.3 is 5.97 Å². The lowest BCUT2D eigenvalue weighted by Crippen LogP contribution is -2.05. The van der Waals surface area contributed by atoms with Crippen LogP contribution in [-0.2, 0) is 10.8 Å². The predicted octanol–water partition coefficient (Wildman–Crippen LogP) is 2.85. The van der Waals surface area contributed by atoms with E-state index < -0.39 is 16.8 Å². The molecule has 0 heterocycles. The SMILES string of the molecule is Cc1ccc(S(=O)CCC(C)C)cc1C(=O)O. The Labute approximate surface area is 104 Å². The van der Waals surface area contributed by atoms with Gasteiger partial charge in [0.25, 0.3) is 0 Å². The first-order valence-corrected chi connectivity index (χ1v) is 6.96. The zero-order chi connectivity index (χ0) is 13.0. The van der Waals surface area contributed by atoms with Gasteiger partial charge in [-0.2, -0.15) is 0 Å². The first kappa shape index (κ1) is 13.9. The molecule has 0 saturated heterocycles. The molecule has 0 radical (unpaired) electrons. The molecule has 0 spiro atoms. The highest BCUT2D eigenvalue weighted by molar-refractivity contribution is 7.85. The molecule has 0 fully saturated rings. The minimum Gasteiger partial charge on any atom is -0.478 e. The molecule has 4 heteroatoms. The van der Waals surface area contributed by atoms with E-state index in [1.54, 1.807) is 19.1 Å². The van der Waals surface area contributed by atoms with Crippen molar-refractivity contribution in [1.29, 1.82) is 0 Å². The smallest absolute Gasteiger partial charge is 0.335 e. The standard InChI is InChI=1S/C13H18O3S/c1-9(2)6-7-17(16)11-5-4-10(3)12(8-11)13(14)15/h4-5,8-9H,6-7H2,1-3H3,(H,14,15). The number of aromatic carboxylic acids is 1. The van der Waals surface area contributed by atoms with E-state index in [4.69, 9.17) is 5.11 Å². The van der Waals surface area contributed by atoms with Gasteiger partial charge in [-0.15, -0.1) is 0 Å². The van der Waals surface area contributed by atoms with Crippen LogP contribution >= 0.6 is 0 Å². The maximum Gasteiger partial charge on any atom is 0.335 e. The van der Waals surface area contributed by atoms with Gasteiger partial charge in [0.2, 0.25) is 0 Å². The van der Waals surface area contributed by atoms with Crippen LogP contribution in [0.2, 0.25) is 0 Å². The summed E-state index contributed by atoms with van der Waals surface area (Å²) in [6.07, 6.45) is 0.878. The first-order valence-electron chi connectivity index (χ1n) is 5.64. The van der Waals surface area contributed by atoms with Crippen molar-refractivity contribution >= 4 is 16.8 Å². The van der Waals surface area contributed by atoms with Crippen LogP contribution in [0.5, 0.6) is 0 Å². The van der Waals surface area contributed by atoms with E-state index in [0.717, 1.165) is 6.42 Å². The molecule has 1 aromatic rings.